The monoisotopic (exact) mass is 237 g/mol. The van der Waals surface area contributed by atoms with Crippen molar-refractivity contribution in [2.75, 3.05) is 5.32 Å². The van der Waals surface area contributed by atoms with Crippen LogP contribution < -0.4 is 5.32 Å². The molecule has 1 aromatic carbocycles. The average Bonchev–Trinajstić information content (AvgIpc) is 3.04. The summed E-state index contributed by atoms with van der Waals surface area (Å²) in [6.45, 7) is 1.56. The van der Waals surface area contributed by atoms with Gasteiger partial charge in [0.05, 0.1) is 11.8 Å². The molecule has 1 saturated carbocycles. The Morgan fingerprint density at radius 3 is 2.71 bits per heavy atom. The molecule has 0 radical (unpaired) electrons. The van der Waals surface area contributed by atoms with Gasteiger partial charge in [-0.2, -0.15) is 0 Å². The number of aliphatic carboxylic acids is 1. The molecule has 1 aromatic rings. The van der Waals surface area contributed by atoms with E-state index < -0.39 is 23.6 Å². The average molecular weight is 237 g/mol. The van der Waals surface area contributed by atoms with Gasteiger partial charge >= 0.3 is 5.97 Å². The Kier molecular flexibility index (Phi) is 2.83. The van der Waals surface area contributed by atoms with Gasteiger partial charge in [0.1, 0.15) is 5.82 Å². The van der Waals surface area contributed by atoms with Gasteiger partial charge in [-0.15, -0.1) is 0 Å². The van der Waals surface area contributed by atoms with Crippen molar-refractivity contribution in [2.24, 2.45) is 11.8 Å². The molecule has 0 spiro atoms. The Hall–Kier alpha value is -1.91. The molecule has 1 aliphatic rings. The molecule has 2 N–H and O–H groups in total. The van der Waals surface area contributed by atoms with E-state index in [2.05, 4.69) is 5.32 Å². The smallest absolute Gasteiger partial charge is 0.307 e. The van der Waals surface area contributed by atoms with Crippen LogP contribution in [0.4, 0.5) is 10.1 Å². The summed E-state index contributed by atoms with van der Waals surface area (Å²) in [6.07, 6.45) is 0.357. The predicted molar refractivity (Wildman–Crippen MR) is 59.0 cm³/mol. The Morgan fingerprint density at radius 2 is 2.12 bits per heavy atom. The molecule has 2 atom stereocenters. The minimum atomic E-state index is -0.957. The molecule has 5 heteroatoms. The van der Waals surface area contributed by atoms with Gasteiger partial charge in [0, 0.05) is 11.3 Å². The zero-order chi connectivity index (χ0) is 12.6. The van der Waals surface area contributed by atoms with Crippen LogP contribution in [0.5, 0.6) is 0 Å². The first kappa shape index (κ1) is 11.6. The summed E-state index contributed by atoms with van der Waals surface area (Å²) < 4.78 is 13.2. The molecule has 1 fully saturated rings. The highest BCUT2D eigenvalue weighted by Crippen LogP contribution is 2.39. The van der Waals surface area contributed by atoms with Gasteiger partial charge in [-0.1, -0.05) is 6.07 Å². The Bertz CT molecular complexity index is 487. The first-order valence-corrected chi connectivity index (χ1v) is 5.29. The van der Waals surface area contributed by atoms with E-state index in [9.17, 15) is 14.0 Å². The molecule has 0 saturated heterocycles. The lowest BCUT2D eigenvalue weighted by Gasteiger charge is -2.08. The van der Waals surface area contributed by atoms with E-state index >= 15 is 0 Å². The zero-order valence-corrected chi connectivity index (χ0v) is 9.24. The van der Waals surface area contributed by atoms with Gasteiger partial charge in [-0.25, -0.2) is 4.39 Å². The second kappa shape index (κ2) is 4.16. The summed E-state index contributed by atoms with van der Waals surface area (Å²) in [5.74, 6) is -2.79. The lowest BCUT2D eigenvalue weighted by atomic mass is 10.2. The van der Waals surface area contributed by atoms with Crippen LogP contribution in [0.15, 0.2) is 18.2 Å². The second-order valence-corrected chi connectivity index (χ2v) is 4.19. The zero-order valence-electron chi connectivity index (χ0n) is 9.24. The summed E-state index contributed by atoms with van der Waals surface area (Å²) in [5, 5.41) is 11.3. The van der Waals surface area contributed by atoms with Crippen LogP contribution in [-0.4, -0.2) is 17.0 Å². The third-order valence-electron chi connectivity index (χ3n) is 2.97. The maximum absolute atomic E-state index is 13.2. The van der Waals surface area contributed by atoms with Crippen LogP contribution in [0, 0.1) is 24.6 Å². The number of carboxylic acid groups (broad SMARTS) is 1. The minimum Gasteiger partial charge on any atom is -0.481 e. The highest BCUT2D eigenvalue weighted by Gasteiger charge is 2.48. The van der Waals surface area contributed by atoms with Crippen LogP contribution in [0.1, 0.15) is 12.0 Å². The lowest BCUT2D eigenvalue weighted by Crippen LogP contribution is -2.17. The molecule has 0 aliphatic heterocycles. The standard InChI is InChI=1S/C12H12FNO3/c1-6-9(13)3-2-4-10(6)14-11(15)7-5-8(7)12(16)17/h2-4,7-8H,5H2,1H3,(H,14,15)(H,16,17)/t7-,8+/m1/s1. The SMILES string of the molecule is Cc1c(F)cccc1NC(=O)[C@@H]1C[C@@H]1C(=O)O. The fourth-order valence-corrected chi connectivity index (χ4v) is 1.73. The third kappa shape index (κ3) is 2.27. The number of amides is 1. The fourth-order valence-electron chi connectivity index (χ4n) is 1.73. The molecule has 4 nitrogen and oxygen atoms in total. The molecule has 1 amide bonds. The van der Waals surface area contributed by atoms with Gasteiger partial charge < -0.3 is 10.4 Å². The predicted octanol–water partition coefficient (Wildman–Crippen LogP) is 1.79. The van der Waals surface area contributed by atoms with Crippen LogP contribution >= 0.6 is 0 Å². The number of halogens is 1. The Morgan fingerprint density at radius 1 is 1.41 bits per heavy atom. The van der Waals surface area contributed by atoms with Crippen molar-refractivity contribution in [3.05, 3.63) is 29.6 Å². The molecule has 17 heavy (non-hydrogen) atoms. The lowest BCUT2D eigenvalue weighted by molar-refractivity contribution is -0.139. The van der Waals surface area contributed by atoms with E-state index in [0.717, 1.165) is 0 Å². The van der Waals surface area contributed by atoms with Gasteiger partial charge in [0.2, 0.25) is 5.91 Å². The van der Waals surface area contributed by atoms with Gasteiger partial charge in [0.25, 0.3) is 0 Å². The number of anilines is 1. The number of hydrogen-bond donors (Lipinski definition) is 2. The number of benzene rings is 1. The number of rotatable bonds is 3. The van der Waals surface area contributed by atoms with Crippen molar-refractivity contribution < 1.29 is 19.1 Å². The Balaban J connectivity index is 2.05. The first-order valence-electron chi connectivity index (χ1n) is 5.29. The van der Waals surface area contributed by atoms with E-state index in [-0.39, 0.29) is 5.91 Å². The molecular weight excluding hydrogens is 225 g/mol. The second-order valence-electron chi connectivity index (χ2n) is 4.19. The number of carboxylic acids is 1. The van der Waals surface area contributed by atoms with Crippen molar-refractivity contribution in [1.82, 2.24) is 0 Å². The van der Waals surface area contributed by atoms with Gasteiger partial charge in [-0.3, -0.25) is 9.59 Å². The maximum Gasteiger partial charge on any atom is 0.307 e. The third-order valence-corrected chi connectivity index (χ3v) is 2.97. The van der Waals surface area contributed by atoms with Crippen molar-refractivity contribution in [2.45, 2.75) is 13.3 Å². The molecular formula is C12H12FNO3. The molecule has 2 rings (SSSR count). The van der Waals surface area contributed by atoms with Crippen molar-refractivity contribution in [3.8, 4) is 0 Å². The molecule has 0 unspecified atom stereocenters. The number of carbonyl (C=O) groups is 2. The largest absolute Gasteiger partial charge is 0.481 e. The van der Waals surface area contributed by atoms with Crippen molar-refractivity contribution in [3.63, 3.8) is 0 Å². The summed E-state index contributed by atoms with van der Waals surface area (Å²) in [4.78, 5) is 22.3. The summed E-state index contributed by atoms with van der Waals surface area (Å²) in [7, 11) is 0. The van der Waals surface area contributed by atoms with Crippen molar-refractivity contribution >= 4 is 17.6 Å². The minimum absolute atomic E-state index is 0.355. The van der Waals surface area contributed by atoms with E-state index in [1.54, 1.807) is 13.0 Å². The van der Waals surface area contributed by atoms with E-state index in [1.165, 1.54) is 12.1 Å². The van der Waals surface area contributed by atoms with E-state index in [1.807, 2.05) is 0 Å². The van der Waals surface area contributed by atoms with E-state index in [0.29, 0.717) is 17.7 Å². The molecule has 0 aromatic heterocycles. The molecule has 1 aliphatic carbocycles. The van der Waals surface area contributed by atoms with Crippen LogP contribution in [-0.2, 0) is 9.59 Å². The normalized spacial score (nSPS) is 22.0. The van der Waals surface area contributed by atoms with Crippen LogP contribution in [0.3, 0.4) is 0 Å². The van der Waals surface area contributed by atoms with Crippen LogP contribution in [0.25, 0.3) is 0 Å². The summed E-state index contributed by atoms with van der Waals surface area (Å²) >= 11 is 0. The fraction of sp³-hybridized carbons (Fsp3) is 0.333. The van der Waals surface area contributed by atoms with Gasteiger partial charge in [-0.05, 0) is 25.5 Å². The number of hydrogen-bond acceptors (Lipinski definition) is 2. The topological polar surface area (TPSA) is 66.4 Å². The molecule has 0 bridgehead atoms. The molecule has 0 heterocycles. The highest BCUT2D eigenvalue weighted by molar-refractivity contribution is 5.98. The van der Waals surface area contributed by atoms with Gasteiger partial charge in [0.15, 0.2) is 0 Å². The van der Waals surface area contributed by atoms with Crippen LogP contribution in [0.2, 0.25) is 0 Å². The van der Waals surface area contributed by atoms with E-state index in [4.69, 9.17) is 5.11 Å². The highest BCUT2D eigenvalue weighted by atomic mass is 19.1. The number of nitrogens with one attached hydrogen (secondary N) is 1. The summed E-state index contributed by atoms with van der Waals surface area (Å²) in [6, 6.07) is 4.40. The maximum atomic E-state index is 13.2. The molecule has 90 valence electrons. The first-order chi connectivity index (χ1) is 8.00. The van der Waals surface area contributed by atoms with Crippen molar-refractivity contribution in [1.29, 1.82) is 0 Å². The number of carbonyl (C=O) groups excluding carboxylic acids is 1. The quantitative estimate of drug-likeness (QED) is 0.842. The summed E-state index contributed by atoms with van der Waals surface area (Å²) in [5.41, 5.74) is 0.749. The Labute approximate surface area is 97.4 Å².